The van der Waals surface area contributed by atoms with Gasteiger partial charge in [-0.2, -0.15) is 0 Å². The number of carbonyl (C=O) groups is 1. The fraction of sp³-hybridized carbons (Fsp3) is 0.500. The van der Waals surface area contributed by atoms with Gasteiger partial charge in [-0.15, -0.1) is 11.6 Å². The molecule has 100 valence electrons. The highest BCUT2D eigenvalue weighted by Crippen LogP contribution is 2.21. The highest BCUT2D eigenvalue weighted by molar-refractivity contribution is 6.17. The summed E-state index contributed by atoms with van der Waals surface area (Å²) in [5, 5.41) is 12.5. The van der Waals surface area contributed by atoms with Crippen LogP contribution in [0.4, 0.5) is 0 Å². The third kappa shape index (κ3) is 4.22. The molecule has 0 saturated carbocycles. The molecule has 1 aromatic rings. The van der Waals surface area contributed by atoms with Gasteiger partial charge in [0.2, 0.25) is 0 Å². The van der Waals surface area contributed by atoms with Crippen molar-refractivity contribution in [2.24, 2.45) is 5.41 Å². The normalized spacial score (nSPS) is 11.3. The Morgan fingerprint density at radius 3 is 2.67 bits per heavy atom. The Bertz CT molecular complexity index is 430. The predicted molar refractivity (Wildman–Crippen MR) is 74.3 cm³/mol. The third-order valence-electron chi connectivity index (χ3n) is 2.90. The maximum absolute atomic E-state index is 11.9. The summed E-state index contributed by atoms with van der Waals surface area (Å²) in [5.74, 6) is 0.330. The van der Waals surface area contributed by atoms with Gasteiger partial charge in [-0.25, -0.2) is 0 Å². The number of halogens is 1. The second-order valence-corrected chi connectivity index (χ2v) is 5.68. The third-order valence-corrected chi connectivity index (χ3v) is 3.09. The first kappa shape index (κ1) is 14.8. The molecule has 0 unspecified atom stereocenters. The Morgan fingerprint density at radius 1 is 1.44 bits per heavy atom. The average Bonchev–Trinajstić information content (AvgIpc) is 2.26. The van der Waals surface area contributed by atoms with E-state index in [4.69, 9.17) is 11.6 Å². The van der Waals surface area contributed by atoms with E-state index >= 15 is 0 Å². The molecule has 4 heteroatoms. The highest BCUT2D eigenvalue weighted by atomic mass is 35.5. The Balaban J connectivity index is 2.66. The molecule has 0 spiro atoms. The van der Waals surface area contributed by atoms with E-state index in [9.17, 15) is 9.90 Å². The van der Waals surface area contributed by atoms with Gasteiger partial charge in [-0.05, 0) is 36.5 Å². The van der Waals surface area contributed by atoms with E-state index < -0.39 is 0 Å². The summed E-state index contributed by atoms with van der Waals surface area (Å²) in [6, 6.07) is 5.02. The molecular formula is C14H20ClNO2. The van der Waals surface area contributed by atoms with Crippen LogP contribution in [0.5, 0.6) is 5.75 Å². The van der Waals surface area contributed by atoms with Crippen molar-refractivity contribution in [2.45, 2.75) is 27.2 Å². The molecule has 3 nitrogen and oxygen atoms in total. The van der Waals surface area contributed by atoms with Crippen LogP contribution in [0.2, 0.25) is 0 Å². The van der Waals surface area contributed by atoms with Gasteiger partial charge in [0.1, 0.15) is 5.75 Å². The smallest absolute Gasteiger partial charge is 0.255 e. The molecule has 0 bridgehead atoms. The monoisotopic (exact) mass is 269 g/mol. The number of alkyl halides is 1. The molecule has 0 aliphatic rings. The minimum absolute atomic E-state index is 0.0163. The fourth-order valence-corrected chi connectivity index (χ4v) is 2.10. The van der Waals surface area contributed by atoms with Crippen molar-refractivity contribution < 1.29 is 9.90 Å². The molecular weight excluding hydrogens is 250 g/mol. The van der Waals surface area contributed by atoms with Crippen LogP contribution < -0.4 is 5.32 Å². The highest BCUT2D eigenvalue weighted by Gasteiger charge is 2.19. The number of hydrogen-bond donors (Lipinski definition) is 2. The van der Waals surface area contributed by atoms with Gasteiger partial charge in [0.05, 0.1) is 5.56 Å². The van der Waals surface area contributed by atoms with Gasteiger partial charge in [0.15, 0.2) is 0 Å². The first-order chi connectivity index (χ1) is 8.35. The number of hydrogen-bond acceptors (Lipinski definition) is 2. The van der Waals surface area contributed by atoms with Gasteiger partial charge in [0.25, 0.3) is 5.91 Å². The maximum atomic E-state index is 11.9. The predicted octanol–water partition coefficient (Wildman–Crippen LogP) is 3.09. The van der Waals surface area contributed by atoms with Crippen molar-refractivity contribution in [3.05, 3.63) is 29.3 Å². The number of carbonyl (C=O) groups excluding carboxylic acids is 1. The molecule has 18 heavy (non-hydrogen) atoms. The molecule has 0 aliphatic carbocycles. The average molecular weight is 270 g/mol. The lowest BCUT2D eigenvalue weighted by Gasteiger charge is -2.23. The molecule has 0 saturated heterocycles. The summed E-state index contributed by atoms with van der Waals surface area (Å²) in [6.07, 6.45) is 0.828. The van der Waals surface area contributed by atoms with Gasteiger partial charge >= 0.3 is 0 Å². The summed E-state index contributed by atoms with van der Waals surface area (Å²) in [4.78, 5) is 11.9. The first-order valence-electron chi connectivity index (χ1n) is 5.99. The number of aromatic hydroxyl groups is 1. The van der Waals surface area contributed by atoms with Crippen LogP contribution in [-0.2, 0) is 0 Å². The molecule has 0 atom stereocenters. The van der Waals surface area contributed by atoms with Gasteiger partial charge < -0.3 is 10.4 Å². The Hall–Kier alpha value is -1.22. The summed E-state index contributed by atoms with van der Waals surface area (Å²) in [7, 11) is 0. The second kappa shape index (κ2) is 6.10. The fourth-order valence-electron chi connectivity index (χ4n) is 1.59. The van der Waals surface area contributed by atoms with Crippen LogP contribution in [0.15, 0.2) is 18.2 Å². The molecule has 2 N–H and O–H groups in total. The number of phenols is 1. The molecule has 0 radical (unpaired) electrons. The Kier molecular flexibility index (Phi) is 5.03. The van der Waals surface area contributed by atoms with Crippen LogP contribution in [-0.4, -0.2) is 23.4 Å². The van der Waals surface area contributed by atoms with Crippen molar-refractivity contribution in [2.75, 3.05) is 12.4 Å². The van der Waals surface area contributed by atoms with E-state index in [1.54, 1.807) is 18.2 Å². The lowest BCUT2D eigenvalue weighted by atomic mass is 9.90. The maximum Gasteiger partial charge on any atom is 0.255 e. The summed E-state index contributed by atoms with van der Waals surface area (Å²) < 4.78 is 0. The lowest BCUT2D eigenvalue weighted by Crippen LogP contribution is -2.34. The molecule has 0 fully saturated rings. The van der Waals surface area contributed by atoms with E-state index in [0.29, 0.717) is 18.0 Å². The number of benzene rings is 1. The van der Waals surface area contributed by atoms with Crippen LogP contribution in [0.3, 0.4) is 0 Å². The largest absolute Gasteiger partial charge is 0.507 e. The van der Waals surface area contributed by atoms with Crippen molar-refractivity contribution in [1.29, 1.82) is 0 Å². The second-order valence-electron chi connectivity index (χ2n) is 5.31. The van der Waals surface area contributed by atoms with Gasteiger partial charge in [0, 0.05) is 12.4 Å². The van der Waals surface area contributed by atoms with E-state index in [-0.39, 0.29) is 17.1 Å². The molecule has 1 aromatic carbocycles. The summed E-state index contributed by atoms with van der Waals surface area (Å²) in [5.41, 5.74) is 1.19. The van der Waals surface area contributed by atoms with Crippen molar-refractivity contribution >= 4 is 17.5 Å². The zero-order valence-corrected chi connectivity index (χ0v) is 11.8. The first-order valence-corrected chi connectivity index (χ1v) is 6.53. The molecule has 0 aromatic heterocycles. The molecule has 0 aliphatic heterocycles. The van der Waals surface area contributed by atoms with Crippen LogP contribution in [0.1, 0.15) is 36.2 Å². The topological polar surface area (TPSA) is 49.3 Å². The number of nitrogens with one attached hydrogen (secondary N) is 1. The molecule has 1 rings (SSSR count). The van der Waals surface area contributed by atoms with Crippen LogP contribution in [0.25, 0.3) is 0 Å². The number of aryl methyl sites for hydroxylation is 1. The van der Waals surface area contributed by atoms with Crippen molar-refractivity contribution in [1.82, 2.24) is 5.32 Å². The molecule has 0 heterocycles. The van der Waals surface area contributed by atoms with E-state index in [1.165, 1.54) is 0 Å². The zero-order chi connectivity index (χ0) is 13.8. The Morgan fingerprint density at radius 2 is 2.11 bits per heavy atom. The zero-order valence-electron chi connectivity index (χ0n) is 11.1. The molecule has 1 amide bonds. The number of amides is 1. The Labute approximate surface area is 113 Å². The van der Waals surface area contributed by atoms with Gasteiger partial charge in [-0.1, -0.05) is 19.9 Å². The van der Waals surface area contributed by atoms with Crippen molar-refractivity contribution in [3.63, 3.8) is 0 Å². The van der Waals surface area contributed by atoms with E-state index in [1.807, 2.05) is 20.8 Å². The minimum Gasteiger partial charge on any atom is -0.507 e. The summed E-state index contributed by atoms with van der Waals surface area (Å²) in [6.45, 7) is 6.49. The number of rotatable bonds is 5. The van der Waals surface area contributed by atoms with E-state index in [2.05, 4.69) is 5.32 Å². The quantitative estimate of drug-likeness (QED) is 0.807. The minimum atomic E-state index is -0.254. The standard InChI is InChI=1S/C14H20ClNO2/c1-10-4-5-11(12(17)8-10)13(18)16-9-14(2,3)6-7-15/h4-5,8,17H,6-7,9H2,1-3H3,(H,16,18). The van der Waals surface area contributed by atoms with Crippen LogP contribution in [0, 0.1) is 12.3 Å². The lowest BCUT2D eigenvalue weighted by molar-refractivity contribution is 0.0933. The van der Waals surface area contributed by atoms with Crippen molar-refractivity contribution in [3.8, 4) is 5.75 Å². The SMILES string of the molecule is Cc1ccc(C(=O)NCC(C)(C)CCCl)c(O)c1. The van der Waals surface area contributed by atoms with Gasteiger partial charge in [-0.3, -0.25) is 4.79 Å². The van der Waals surface area contributed by atoms with Crippen LogP contribution >= 0.6 is 11.6 Å². The summed E-state index contributed by atoms with van der Waals surface area (Å²) >= 11 is 5.71. The van der Waals surface area contributed by atoms with E-state index in [0.717, 1.165) is 12.0 Å². The number of phenolic OH excluding ortho intramolecular Hbond substituents is 1.